The molecule has 0 aromatic heterocycles. The van der Waals surface area contributed by atoms with Crippen LogP contribution in [0.25, 0.3) is 0 Å². The Morgan fingerprint density at radius 3 is 2.75 bits per heavy atom. The van der Waals surface area contributed by atoms with Crippen molar-refractivity contribution >= 4 is 5.97 Å². The van der Waals surface area contributed by atoms with Gasteiger partial charge in [0.15, 0.2) is 0 Å². The van der Waals surface area contributed by atoms with Gasteiger partial charge in [0, 0.05) is 6.04 Å². The number of hydrogen-bond donors (Lipinski definition) is 1. The summed E-state index contributed by atoms with van der Waals surface area (Å²) in [6.07, 6.45) is 1.89. The third kappa shape index (κ3) is 2.79. The number of esters is 1. The standard InChI is InChI=1S/C8H15NO3/c1-2-11-8(10)5-12-7-3-6(9)4-7/h6-7H,2-5,9H2,1H3. The molecule has 4 nitrogen and oxygen atoms in total. The maximum absolute atomic E-state index is 10.8. The summed E-state index contributed by atoms with van der Waals surface area (Å²) >= 11 is 0. The summed E-state index contributed by atoms with van der Waals surface area (Å²) in [7, 11) is 0. The minimum atomic E-state index is -0.294. The lowest BCUT2D eigenvalue weighted by Gasteiger charge is -2.31. The van der Waals surface area contributed by atoms with E-state index in [2.05, 4.69) is 0 Å². The predicted octanol–water partition coefficient (Wildman–Crippen LogP) is 0.0558. The first-order chi connectivity index (χ1) is 5.72. The van der Waals surface area contributed by atoms with Crippen molar-refractivity contribution in [3.63, 3.8) is 0 Å². The molecule has 0 aliphatic heterocycles. The number of rotatable bonds is 4. The summed E-state index contributed by atoms with van der Waals surface area (Å²) in [5.41, 5.74) is 5.54. The Morgan fingerprint density at radius 2 is 2.25 bits per heavy atom. The molecule has 0 aromatic rings. The molecular formula is C8H15NO3. The second kappa shape index (κ2) is 4.42. The first-order valence-corrected chi connectivity index (χ1v) is 4.25. The molecule has 0 atom stereocenters. The summed E-state index contributed by atoms with van der Waals surface area (Å²) in [6.45, 7) is 2.24. The summed E-state index contributed by atoms with van der Waals surface area (Å²) < 4.78 is 9.90. The lowest BCUT2D eigenvalue weighted by atomic mass is 9.90. The Morgan fingerprint density at radius 1 is 1.58 bits per heavy atom. The van der Waals surface area contributed by atoms with Crippen molar-refractivity contribution in [1.29, 1.82) is 0 Å². The van der Waals surface area contributed by atoms with Gasteiger partial charge in [0.1, 0.15) is 6.61 Å². The summed E-state index contributed by atoms with van der Waals surface area (Å²) in [5.74, 6) is -0.294. The molecule has 70 valence electrons. The zero-order valence-electron chi connectivity index (χ0n) is 7.29. The van der Waals surface area contributed by atoms with Crippen molar-refractivity contribution in [3.8, 4) is 0 Å². The minimum absolute atomic E-state index is 0.0607. The van der Waals surface area contributed by atoms with E-state index in [4.69, 9.17) is 15.2 Å². The van der Waals surface area contributed by atoms with Crippen LogP contribution < -0.4 is 5.73 Å². The van der Waals surface area contributed by atoms with Crippen LogP contribution >= 0.6 is 0 Å². The van der Waals surface area contributed by atoms with Crippen molar-refractivity contribution in [3.05, 3.63) is 0 Å². The molecule has 0 heterocycles. The Kier molecular flexibility index (Phi) is 3.49. The number of ether oxygens (including phenoxy) is 2. The van der Waals surface area contributed by atoms with Gasteiger partial charge in [0.05, 0.1) is 12.7 Å². The molecule has 0 radical (unpaired) electrons. The minimum Gasteiger partial charge on any atom is -0.464 e. The quantitative estimate of drug-likeness (QED) is 0.610. The van der Waals surface area contributed by atoms with Crippen LogP contribution in [0.2, 0.25) is 0 Å². The van der Waals surface area contributed by atoms with Crippen LogP contribution in [0.3, 0.4) is 0 Å². The molecule has 1 saturated carbocycles. The first kappa shape index (κ1) is 9.48. The van der Waals surface area contributed by atoms with Gasteiger partial charge in [-0.15, -0.1) is 0 Å². The molecular weight excluding hydrogens is 158 g/mol. The summed E-state index contributed by atoms with van der Waals surface area (Å²) in [5, 5.41) is 0. The van der Waals surface area contributed by atoms with Gasteiger partial charge in [0.2, 0.25) is 0 Å². The van der Waals surface area contributed by atoms with Crippen LogP contribution in [0.5, 0.6) is 0 Å². The summed E-state index contributed by atoms with van der Waals surface area (Å²) in [4.78, 5) is 10.8. The molecule has 0 aromatic carbocycles. The summed E-state index contributed by atoms with van der Waals surface area (Å²) in [6, 6.07) is 0.261. The normalized spacial score (nSPS) is 27.8. The zero-order chi connectivity index (χ0) is 8.97. The Labute approximate surface area is 72.0 Å². The molecule has 4 heteroatoms. The van der Waals surface area contributed by atoms with Gasteiger partial charge in [-0.2, -0.15) is 0 Å². The van der Waals surface area contributed by atoms with E-state index >= 15 is 0 Å². The van der Waals surface area contributed by atoms with Crippen molar-refractivity contribution in [2.24, 2.45) is 5.73 Å². The van der Waals surface area contributed by atoms with E-state index in [9.17, 15) is 4.79 Å². The van der Waals surface area contributed by atoms with Crippen LogP contribution in [-0.4, -0.2) is 31.3 Å². The number of nitrogens with two attached hydrogens (primary N) is 1. The highest BCUT2D eigenvalue weighted by Crippen LogP contribution is 2.20. The topological polar surface area (TPSA) is 61.5 Å². The Balaban J connectivity index is 1.98. The van der Waals surface area contributed by atoms with E-state index in [1.165, 1.54) is 0 Å². The van der Waals surface area contributed by atoms with Gasteiger partial charge in [-0.1, -0.05) is 0 Å². The molecule has 1 aliphatic rings. The van der Waals surface area contributed by atoms with E-state index in [1.807, 2.05) is 0 Å². The second-order valence-electron chi connectivity index (χ2n) is 2.97. The maximum atomic E-state index is 10.8. The van der Waals surface area contributed by atoms with E-state index in [1.54, 1.807) is 6.92 Å². The van der Waals surface area contributed by atoms with Crippen molar-refractivity contribution in [2.45, 2.75) is 31.9 Å². The lowest BCUT2D eigenvalue weighted by molar-refractivity contribution is -0.152. The molecule has 0 bridgehead atoms. The molecule has 2 N–H and O–H groups in total. The smallest absolute Gasteiger partial charge is 0.332 e. The monoisotopic (exact) mass is 173 g/mol. The number of carbonyl (C=O) groups excluding carboxylic acids is 1. The van der Waals surface area contributed by atoms with Gasteiger partial charge in [-0.25, -0.2) is 4.79 Å². The largest absolute Gasteiger partial charge is 0.464 e. The molecule has 0 amide bonds. The average Bonchev–Trinajstić information content (AvgIpc) is 1.96. The maximum Gasteiger partial charge on any atom is 0.332 e. The number of carbonyl (C=O) groups is 1. The van der Waals surface area contributed by atoms with Gasteiger partial charge < -0.3 is 15.2 Å². The lowest BCUT2D eigenvalue weighted by Crippen LogP contribution is -2.42. The zero-order valence-corrected chi connectivity index (χ0v) is 7.29. The van der Waals surface area contributed by atoms with E-state index in [0.29, 0.717) is 6.61 Å². The van der Waals surface area contributed by atoms with Crippen LogP contribution in [0.4, 0.5) is 0 Å². The van der Waals surface area contributed by atoms with Gasteiger partial charge in [-0.3, -0.25) is 0 Å². The van der Waals surface area contributed by atoms with E-state index in [0.717, 1.165) is 12.8 Å². The second-order valence-corrected chi connectivity index (χ2v) is 2.97. The predicted molar refractivity (Wildman–Crippen MR) is 43.6 cm³/mol. The molecule has 1 rings (SSSR count). The molecule has 0 saturated heterocycles. The molecule has 1 aliphatic carbocycles. The fourth-order valence-electron chi connectivity index (χ4n) is 1.13. The third-order valence-corrected chi connectivity index (χ3v) is 1.87. The van der Waals surface area contributed by atoms with Gasteiger partial charge >= 0.3 is 5.97 Å². The highest BCUT2D eigenvalue weighted by atomic mass is 16.6. The van der Waals surface area contributed by atoms with E-state index in [-0.39, 0.29) is 24.7 Å². The van der Waals surface area contributed by atoms with Crippen LogP contribution in [0.1, 0.15) is 19.8 Å². The van der Waals surface area contributed by atoms with Crippen molar-refractivity contribution < 1.29 is 14.3 Å². The molecule has 1 fully saturated rings. The SMILES string of the molecule is CCOC(=O)COC1CC(N)C1. The van der Waals surface area contributed by atoms with Crippen LogP contribution in [0, 0.1) is 0 Å². The fraction of sp³-hybridized carbons (Fsp3) is 0.875. The van der Waals surface area contributed by atoms with Crippen LogP contribution in [0.15, 0.2) is 0 Å². The van der Waals surface area contributed by atoms with Gasteiger partial charge in [-0.05, 0) is 19.8 Å². The first-order valence-electron chi connectivity index (χ1n) is 4.25. The molecule has 12 heavy (non-hydrogen) atoms. The fourth-order valence-corrected chi connectivity index (χ4v) is 1.13. The van der Waals surface area contributed by atoms with Gasteiger partial charge in [0.25, 0.3) is 0 Å². The molecule has 0 spiro atoms. The van der Waals surface area contributed by atoms with Crippen LogP contribution in [-0.2, 0) is 14.3 Å². The average molecular weight is 173 g/mol. The van der Waals surface area contributed by atoms with Crippen molar-refractivity contribution in [2.75, 3.05) is 13.2 Å². The van der Waals surface area contributed by atoms with Crippen molar-refractivity contribution in [1.82, 2.24) is 0 Å². The highest BCUT2D eigenvalue weighted by molar-refractivity contribution is 5.70. The Hall–Kier alpha value is -0.610. The third-order valence-electron chi connectivity index (χ3n) is 1.87. The highest BCUT2D eigenvalue weighted by Gasteiger charge is 2.27. The Bertz CT molecular complexity index is 154. The van der Waals surface area contributed by atoms with E-state index < -0.39 is 0 Å². The molecule has 0 unspecified atom stereocenters. The number of hydrogen-bond acceptors (Lipinski definition) is 4.